The summed E-state index contributed by atoms with van der Waals surface area (Å²) in [6, 6.07) is 13.5. The molecule has 280 valence electrons. The molecule has 6 bridgehead atoms. The number of thiophene rings is 2. The van der Waals surface area contributed by atoms with Crippen LogP contribution in [0.2, 0.25) is 0 Å². The third-order valence-corrected chi connectivity index (χ3v) is 18.2. The highest BCUT2D eigenvalue weighted by Crippen LogP contribution is 2.62. The number of hydrogen-bond acceptors (Lipinski definition) is 7. The number of carbonyl (C=O) groups is 1. The third-order valence-electron chi connectivity index (χ3n) is 14.1. The lowest BCUT2D eigenvalue weighted by atomic mass is 9.49. The molecule has 7 aliphatic rings. The lowest BCUT2D eigenvalue weighted by Gasteiger charge is -2.58. The van der Waals surface area contributed by atoms with E-state index in [0.29, 0.717) is 71.1 Å². The Morgan fingerprint density at radius 3 is 2.35 bits per heavy atom. The Kier molecular flexibility index (Phi) is 9.81. The molecule has 1 aromatic carbocycles. The van der Waals surface area contributed by atoms with Gasteiger partial charge in [-0.15, -0.1) is 22.7 Å². The molecule has 52 heavy (non-hydrogen) atoms. The van der Waals surface area contributed by atoms with E-state index in [1.165, 1.54) is 47.5 Å². The molecule has 5 saturated carbocycles. The molecule has 6 nitrogen and oxygen atoms in total. The molecule has 4 unspecified atom stereocenters. The molecule has 2 aromatic heterocycles. The van der Waals surface area contributed by atoms with E-state index in [0.717, 1.165) is 48.1 Å². The van der Waals surface area contributed by atoms with Crippen molar-refractivity contribution in [2.75, 3.05) is 13.1 Å². The summed E-state index contributed by atoms with van der Waals surface area (Å²) >= 11 is 2.76. The number of sulfonamides is 1. The molecule has 9 heteroatoms. The van der Waals surface area contributed by atoms with Crippen LogP contribution in [0.15, 0.2) is 63.7 Å². The van der Waals surface area contributed by atoms with Gasteiger partial charge in [0.1, 0.15) is 4.21 Å². The molecule has 2 N–H and O–H groups in total. The maximum atomic E-state index is 14.7. The largest absolute Gasteiger partial charge is 0.393 e. The van der Waals surface area contributed by atoms with Crippen LogP contribution in [0.4, 0.5) is 0 Å². The summed E-state index contributed by atoms with van der Waals surface area (Å²) in [6.45, 7) is 6.82. The average Bonchev–Trinajstić information content (AvgIpc) is 3.84. The lowest BCUT2D eigenvalue weighted by molar-refractivity contribution is -0.0920. The number of benzene rings is 1. The zero-order chi connectivity index (χ0) is 36.5. The monoisotopic (exact) mass is 761 g/mol. The van der Waals surface area contributed by atoms with Crippen LogP contribution in [0.1, 0.15) is 128 Å². The van der Waals surface area contributed by atoms with E-state index in [2.05, 4.69) is 32.1 Å². The van der Waals surface area contributed by atoms with Gasteiger partial charge in [0.25, 0.3) is 10.0 Å². The minimum Gasteiger partial charge on any atom is -0.393 e. The topological polar surface area (TPSA) is 94.9 Å². The maximum absolute atomic E-state index is 14.7. The number of ketones is 1. The summed E-state index contributed by atoms with van der Waals surface area (Å²) in [7, 11) is -3.86. The Morgan fingerprint density at radius 1 is 0.962 bits per heavy atom. The molecular formula is C43H55NO5S3. The van der Waals surface area contributed by atoms with Crippen molar-refractivity contribution in [3.05, 3.63) is 85.9 Å². The quantitative estimate of drug-likeness (QED) is 0.176. The van der Waals surface area contributed by atoms with Gasteiger partial charge in [0.2, 0.25) is 5.78 Å². The van der Waals surface area contributed by atoms with Gasteiger partial charge in [0.05, 0.1) is 16.6 Å². The Bertz CT molecular complexity index is 1910. The second kappa shape index (κ2) is 13.9. The van der Waals surface area contributed by atoms with Gasteiger partial charge in [-0.05, 0) is 167 Å². The van der Waals surface area contributed by atoms with E-state index < -0.39 is 27.1 Å². The number of nitrogens with zero attached hydrogens (tertiary/aromatic N) is 1. The highest BCUT2D eigenvalue weighted by Gasteiger charge is 2.59. The molecule has 0 radical (unpaired) electrons. The summed E-state index contributed by atoms with van der Waals surface area (Å²) in [5.41, 5.74) is 1.69. The Hall–Kier alpha value is -2.14. The lowest BCUT2D eigenvalue weighted by Crippen LogP contribution is -2.57. The normalized spacial score (nSPS) is 34.7. The van der Waals surface area contributed by atoms with Crippen LogP contribution in [0, 0.1) is 35.5 Å². The second-order valence-electron chi connectivity index (χ2n) is 17.8. The predicted molar refractivity (Wildman–Crippen MR) is 210 cm³/mol. The van der Waals surface area contributed by atoms with Gasteiger partial charge in [-0.25, -0.2) is 8.42 Å². The molecule has 7 aliphatic carbocycles. The smallest absolute Gasteiger partial charge is 0.252 e. The zero-order valence-electron chi connectivity index (χ0n) is 31.0. The van der Waals surface area contributed by atoms with Gasteiger partial charge >= 0.3 is 0 Å². The zero-order valence-corrected chi connectivity index (χ0v) is 33.4. The maximum Gasteiger partial charge on any atom is 0.252 e. The van der Waals surface area contributed by atoms with Crippen molar-refractivity contribution in [2.45, 2.75) is 126 Å². The first-order valence-electron chi connectivity index (χ1n) is 19.6. The van der Waals surface area contributed by atoms with Crippen LogP contribution in [0.5, 0.6) is 0 Å². The standard InChI is InChI=1S/C43H55NO5S3/c1-28-6-4-15-41(3)37(35-12-10-30(21-34(45)11-8-28)22-36(35)40(46)38-13-9-29(2)51-38)14-16-43(41,47)27-44(52(48,49)39-7-5-17-50-39)26-42-23-31-18-32(24-42)20-33(19-31)25-42/h5-7,9-10,12-13,17,22,31-34,37,45,47H,4,8,11,14-16,18-21,23-27H2,1-3H3. The van der Waals surface area contributed by atoms with Gasteiger partial charge in [-0.2, -0.15) is 4.31 Å². The van der Waals surface area contributed by atoms with Crippen molar-refractivity contribution >= 4 is 38.5 Å². The fourth-order valence-corrected chi connectivity index (χ4v) is 15.4. The number of rotatable bonds is 8. The molecule has 0 aliphatic heterocycles. The van der Waals surface area contributed by atoms with Crippen LogP contribution < -0.4 is 0 Å². The minimum absolute atomic E-state index is 0.0196. The predicted octanol–water partition coefficient (Wildman–Crippen LogP) is 9.29. The number of aliphatic hydroxyl groups excluding tert-OH is 1. The third kappa shape index (κ3) is 6.74. The fraction of sp³-hybridized carbons (Fsp3) is 0.605. The summed E-state index contributed by atoms with van der Waals surface area (Å²) in [5.74, 6) is 1.90. The van der Waals surface area contributed by atoms with E-state index in [-0.39, 0.29) is 23.7 Å². The number of aryl methyl sites for hydroxylation is 1. The Morgan fingerprint density at radius 2 is 1.69 bits per heavy atom. The Balaban J connectivity index is 1.21. The first-order chi connectivity index (χ1) is 24.8. The summed E-state index contributed by atoms with van der Waals surface area (Å²) in [6.07, 6.45) is 13.3. The van der Waals surface area contributed by atoms with Crippen molar-refractivity contribution in [2.24, 2.45) is 28.6 Å². The van der Waals surface area contributed by atoms with Crippen LogP contribution in [-0.2, 0) is 16.4 Å². The number of fused-ring (bicyclic) bond motifs is 8. The van der Waals surface area contributed by atoms with Crippen LogP contribution >= 0.6 is 22.7 Å². The molecule has 0 spiro atoms. The van der Waals surface area contributed by atoms with Crippen LogP contribution in [0.3, 0.4) is 0 Å². The average molecular weight is 762 g/mol. The minimum atomic E-state index is -3.86. The first kappa shape index (κ1) is 36.8. The van der Waals surface area contributed by atoms with Crippen LogP contribution in [-0.4, -0.2) is 53.5 Å². The molecule has 4 atom stereocenters. The molecule has 0 saturated heterocycles. The highest BCUT2D eigenvalue weighted by atomic mass is 32.2. The van der Waals surface area contributed by atoms with Gasteiger partial charge in [0, 0.05) is 28.9 Å². The second-order valence-corrected chi connectivity index (χ2v) is 22.2. The van der Waals surface area contributed by atoms with E-state index >= 15 is 0 Å². The SMILES string of the molecule is CC1=CCCC2(C)C(CCC2(O)CN(CC23CC4CC(CC(C4)C2)C3)S(=O)(=O)c2cccs2)c2ccc(cc2C(=O)c2ccc(C)s2)CC(O)CC1. The number of aliphatic hydroxyl groups is 2. The molecular weight excluding hydrogens is 707 g/mol. The van der Waals surface area contributed by atoms with Crippen molar-refractivity contribution in [1.29, 1.82) is 0 Å². The van der Waals surface area contributed by atoms with Crippen molar-refractivity contribution in [3.8, 4) is 0 Å². The van der Waals surface area contributed by atoms with Crippen molar-refractivity contribution < 1.29 is 23.4 Å². The van der Waals surface area contributed by atoms with E-state index in [4.69, 9.17) is 0 Å². The van der Waals surface area contributed by atoms with E-state index in [1.807, 2.05) is 36.6 Å². The van der Waals surface area contributed by atoms with Crippen molar-refractivity contribution in [3.63, 3.8) is 0 Å². The number of hydrogen-bond donors (Lipinski definition) is 2. The first-order valence-corrected chi connectivity index (χ1v) is 22.7. The molecule has 10 rings (SSSR count). The molecule has 3 aromatic rings. The van der Waals surface area contributed by atoms with Gasteiger partial charge in [-0.3, -0.25) is 4.79 Å². The molecule has 2 heterocycles. The highest BCUT2D eigenvalue weighted by molar-refractivity contribution is 7.91. The molecule has 5 fully saturated rings. The summed E-state index contributed by atoms with van der Waals surface area (Å²) in [5, 5.41) is 26.1. The fourth-order valence-electron chi connectivity index (χ4n) is 11.8. The van der Waals surface area contributed by atoms with Gasteiger partial charge in [-0.1, -0.05) is 36.8 Å². The van der Waals surface area contributed by atoms with E-state index in [1.54, 1.807) is 10.4 Å². The molecule has 0 amide bonds. The number of allylic oxidation sites excluding steroid dienone is 2. The van der Waals surface area contributed by atoms with Crippen molar-refractivity contribution in [1.82, 2.24) is 4.31 Å². The summed E-state index contributed by atoms with van der Waals surface area (Å²) in [4.78, 5) is 16.1. The van der Waals surface area contributed by atoms with Crippen LogP contribution in [0.25, 0.3) is 0 Å². The van der Waals surface area contributed by atoms with E-state index in [9.17, 15) is 23.4 Å². The number of carbonyl (C=O) groups excluding carboxylic acids is 1. The van der Waals surface area contributed by atoms with Gasteiger partial charge < -0.3 is 10.2 Å². The van der Waals surface area contributed by atoms with Gasteiger partial charge in [0.15, 0.2) is 0 Å². The summed E-state index contributed by atoms with van der Waals surface area (Å²) < 4.78 is 31.5. The Labute approximate surface area is 318 Å².